The van der Waals surface area contributed by atoms with Crippen molar-refractivity contribution in [1.82, 2.24) is 5.32 Å². The van der Waals surface area contributed by atoms with Crippen LogP contribution < -0.4 is 5.32 Å². The molecule has 1 aliphatic rings. The third-order valence-corrected chi connectivity index (χ3v) is 3.30. The van der Waals surface area contributed by atoms with Gasteiger partial charge in [0.2, 0.25) is 0 Å². The Morgan fingerprint density at radius 3 is 2.91 bits per heavy atom. The first-order valence-electron chi connectivity index (χ1n) is 4.25. The van der Waals surface area contributed by atoms with E-state index in [1.54, 1.807) is 0 Å². The van der Waals surface area contributed by atoms with Gasteiger partial charge in [0.1, 0.15) is 0 Å². The third-order valence-electron chi connectivity index (χ3n) is 2.79. The third kappa shape index (κ3) is 2.36. The molecule has 0 radical (unpaired) electrons. The highest BCUT2D eigenvalue weighted by Crippen LogP contribution is 2.23. The monoisotopic (exact) mass is 175 g/mol. The van der Waals surface area contributed by atoms with Crippen molar-refractivity contribution in [1.29, 1.82) is 0 Å². The van der Waals surface area contributed by atoms with Gasteiger partial charge in [0, 0.05) is 11.8 Å². The molecule has 1 fully saturated rings. The highest BCUT2D eigenvalue weighted by Gasteiger charge is 2.25. The van der Waals surface area contributed by atoms with Crippen molar-refractivity contribution < 1.29 is 4.55 Å². The van der Waals surface area contributed by atoms with Crippen LogP contribution in [0.2, 0.25) is 0 Å². The second-order valence-corrected chi connectivity index (χ2v) is 4.07. The number of rotatable bonds is 2. The molecule has 1 saturated heterocycles. The van der Waals surface area contributed by atoms with Crippen molar-refractivity contribution in [2.45, 2.75) is 26.3 Å². The first kappa shape index (κ1) is 9.36. The molecular weight excluding hydrogens is 158 g/mol. The molecule has 0 aliphatic carbocycles. The van der Waals surface area contributed by atoms with Crippen LogP contribution in [-0.2, 0) is 0 Å². The van der Waals surface area contributed by atoms with Crippen LogP contribution in [0.1, 0.15) is 20.3 Å². The van der Waals surface area contributed by atoms with Crippen molar-refractivity contribution in [3.05, 3.63) is 0 Å². The Kier molecular flexibility index (Phi) is 3.69. The van der Waals surface area contributed by atoms with E-state index in [-0.39, 0.29) is 0 Å². The lowest BCUT2D eigenvalue weighted by Gasteiger charge is -2.34. The molecule has 0 aromatic carbocycles. The number of hydrogen-bond donors (Lipinski definition) is 2. The SMILES string of the molecule is CC1C(CSO)NCC[C@H]1C. The summed E-state index contributed by atoms with van der Waals surface area (Å²) < 4.78 is 8.70. The molecule has 0 bridgehead atoms. The van der Waals surface area contributed by atoms with Crippen LogP contribution in [0.4, 0.5) is 0 Å². The van der Waals surface area contributed by atoms with Gasteiger partial charge in [-0.3, -0.25) is 0 Å². The van der Waals surface area contributed by atoms with Crippen LogP contribution in [0.5, 0.6) is 0 Å². The molecule has 1 heterocycles. The number of hydrogen-bond acceptors (Lipinski definition) is 3. The molecule has 0 spiro atoms. The van der Waals surface area contributed by atoms with E-state index in [2.05, 4.69) is 19.2 Å². The highest BCUT2D eigenvalue weighted by molar-refractivity contribution is 7.93. The van der Waals surface area contributed by atoms with Gasteiger partial charge >= 0.3 is 0 Å². The lowest BCUT2D eigenvalue weighted by molar-refractivity contribution is 0.235. The van der Waals surface area contributed by atoms with Gasteiger partial charge in [-0.2, -0.15) is 0 Å². The van der Waals surface area contributed by atoms with Crippen LogP contribution in [0.3, 0.4) is 0 Å². The Hall–Kier alpha value is 0.270. The lowest BCUT2D eigenvalue weighted by atomic mass is 9.84. The minimum absolute atomic E-state index is 0.508. The quantitative estimate of drug-likeness (QED) is 0.628. The molecule has 3 heteroatoms. The maximum absolute atomic E-state index is 8.70. The molecule has 1 aliphatic heterocycles. The van der Waals surface area contributed by atoms with Gasteiger partial charge in [-0.15, -0.1) is 0 Å². The first-order chi connectivity index (χ1) is 5.25. The summed E-state index contributed by atoms with van der Waals surface area (Å²) >= 11 is 0.951. The maximum atomic E-state index is 8.70. The predicted octanol–water partition coefficient (Wildman–Crippen LogP) is 1.83. The van der Waals surface area contributed by atoms with E-state index in [1.165, 1.54) is 6.42 Å². The van der Waals surface area contributed by atoms with E-state index in [4.69, 9.17) is 4.55 Å². The molecule has 0 aromatic rings. The zero-order valence-corrected chi connectivity index (χ0v) is 8.03. The summed E-state index contributed by atoms with van der Waals surface area (Å²) in [7, 11) is 0. The summed E-state index contributed by atoms with van der Waals surface area (Å²) in [5.74, 6) is 2.32. The summed E-state index contributed by atoms with van der Waals surface area (Å²) in [6.45, 7) is 5.66. The molecule has 2 nitrogen and oxygen atoms in total. The molecule has 0 saturated carbocycles. The molecule has 2 unspecified atom stereocenters. The zero-order valence-electron chi connectivity index (χ0n) is 7.21. The highest BCUT2D eigenvalue weighted by atomic mass is 32.2. The second kappa shape index (κ2) is 4.33. The standard InChI is InChI=1S/C8H17NOS/c1-6-3-4-9-8(5-11-10)7(6)2/h6-10H,3-5H2,1-2H3/t6-,7?,8?/m1/s1. The molecule has 11 heavy (non-hydrogen) atoms. The van der Waals surface area contributed by atoms with Crippen molar-refractivity contribution >= 4 is 12.0 Å². The van der Waals surface area contributed by atoms with Crippen molar-refractivity contribution in [2.75, 3.05) is 12.3 Å². The van der Waals surface area contributed by atoms with Gasteiger partial charge in [-0.1, -0.05) is 13.8 Å². The van der Waals surface area contributed by atoms with E-state index in [0.29, 0.717) is 12.0 Å². The Morgan fingerprint density at radius 2 is 2.27 bits per heavy atom. The van der Waals surface area contributed by atoms with Crippen LogP contribution in [0.15, 0.2) is 0 Å². The minimum atomic E-state index is 0.508. The van der Waals surface area contributed by atoms with Gasteiger partial charge in [0.15, 0.2) is 0 Å². The minimum Gasteiger partial charge on any atom is -0.330 e. The molecule has 0 aromatic heterocycles. The van der Waals surface area contributed by atoms with Crippen molar-refractivity contribution in [3.63, 3.8) is 0 Å². The topological polar surface area (TPSA) is 32.3 Å². The molecule has 0 amide bonds. The lowest BCUT2D eigenvalue weighted by Crippen LogP contribution is -2.45. The Bertz CT molecular complexity index is 119. The molecular formula is C8H17NOS. The van der Waals surface area contributed by atoms with Crippen LogP contribution in [0.25, 0.3) is 0 Å². The van der Waals surface area contributed by atoms with E-state index in [0.717, 1.165) is 30.3 Å². The number of piperidine rings is 1. The van der Waals surface area contributed by atoms with E-state index < -0.39 is 0 Å². The largest absolute Gasteiger partial charge is 0.330 e. The maximum Gasteiger partial charge on any atom is 0.0352 e. The van der Waals surface area contributed by atoms with Crippen LogP contribution >= 0.6 is 12.0 Å². The van der Waals surface area contributed by atoms with Gasteiger partial charge in [-0.25, -0.2) is 0 Å². The van der Waals surface area contributed by atoms with E-state index >= 15 is 0 Å². The number of nitrogens with one attached hydrogen (secondary N) is 1. The van der Waals surface area contributed by atoms with Crippen LogP contribution in [-0.4, -0.2) is 22.9 Å². The zero-order chi connectivity index (χ0) is 8.27. The summed E-state index contributed by atoms with van der Waals surface area (Å²) in [6, 6.07) is 0.508. The summed E-state index contributed by atoms with van der Waals surface area (Å²) in [4.78, 5) is 0. The van der Waals surface area contributed by atoms with E-state index in [1.807, 2.05) is 0 Å². The molecule has 66 valence electrons. The van der Waals surface area contributed by atoms with Crippen molar-refractivity contribution in [3.8, 4) is 0 Å². The van der Waals surface area contributed by atoms with Gasteiger partial charge in [-0.05, 0) is 36.8 Å². The average Bonchev–Trinajstić information content (AvgIpc) is 1.99. The predicted molar refractivity (Wildman–Crippen MR) is 49.8 cm³/mol. The Morgan fingerprint density at radius 1 is 1.55 bits per heavy atom. The van der Waals surface area contributed by atoms with Gasteiger partial charge in [0.25, 0.3) is 0 Å². The summed E-state index contributed by atoms with van der Waals surface area (Å²) in [5, 5.41) is 3.42. The summed E-state index contributed by atoms with van der Waals surface area (Å²) in [5.41, 5.74) is 0. The van der Waals surface area contributed by atoms with Crippen LogP contribution in [0, 0.1) is 11.8 Å². The Balaban J connectivity index is 2.38. The fourth-order valence-corrected chi connectivity index (χ4v) is 2.21. The normalized spacial score (nSPS) is 39.0. The van der Waals surface area contributed by atoms with Gasteiger partial charge in [0.05, 0.1) is 0 Å². The summed E-state index contributed by atoms with van der Waals surface area (Å²) in [6.07, 6.45) is 1.27. The second-order valence-electron chi connectivity index (χ2n) is 3.48. The van der Waals surface area contributed by atoms with Crippen molar-refractivity contribution in [2.24, 2.45) is 11.8 Å². The van der Waals surface area contributed by atoms with E-state index in [9.17, 15) is 0 Å². The Labute approximate surface area is 73.0 Å². The first-order valence-corrected chi connectivity index (χ1v) is 5.19. The smallest absolute Gasteiger partial charge is 0.0352 e. The fraction of sp³-hybridized carbons (Fsp3) is 1.00. The average molecular weight is 175 g/mol. The molecule has 3 atom stereocenters. The molecule has 2 N–H and O–H groups in total. The fourth-order valence-electron chi connectivity index (χ4n) is 1.63. The molecule has 1 rings (SSSR count). The van der Waals surface area contributed by atoms with Gasteiger partial charge < -0.3 is 9.87 Å².